The Hall–Kier alpha value is -2.18. The van der Waals surface area contributed by atoms with E-state index in [1.165, 1.54) is 19.3 Å². The molecule has 0 unspecified atom stereocenters. The number of rotatable bonds is 4. The Morgan fingerprint density at radius 2 is 2.31 bits per heavy atom. The van der Waals surface area contributed by atoms with Crippen molar-refractivity contribution in [3.63, 3.8) is 0 Å². The molecule has 0 aliphatic rings. The summed E-state index contributed by atoms with van der Waals surface area (Å²) in [5.74, 6) is 0.254. The molecule has 0 aliphatic carbocycles. The number of nitro groups is 1. The highest BCUT2D eigenvalue weighted by atomic mass is 16.6. The second-order valence-corrected chi connectivity index (χ2v) is 3.14. The standard InChI is InChI=1S/C9H12N4O3/c1-6-3-8(12-5-9(14)10-2)11-4-7(6)13(15)16/h3-4H,5H2,1-2H3,(H,10,14)(H,11,12). The number of hydrogen-bond acceptors (Lipinski definition) is 5. The molecule has 1 amide bonds. The lowest BCUT2D eigenvalue weighted by Gasteiger charge is -2.05. The molecular formula is C9H12N4O3. The average Bonchev–Trinajstić information content (AvgIpc) is 2.25. The smallest absolute Gasteiger partial charge is 0.290 e. The predicted octanol–water partition coefficient (Wildman–Crippen LogP) is 0.456. The highest BCUT2D eigenvalue weighted by Crippen LogP contribution is 2.18. The van der Waals surface area contributed by atoms with E-state index < -0.39 is 4.92 Å². The molecule has 2 N–H and O–H groups in total. The zero-order valence-corrected chi connectivity index (χ0v) is 8.98. The number of pyridine rings is 1. The van der Waals surface area contributed by atoms with Crippen molar-refractivity contribution in [3.8, 4) is 0 Å². The minimum absolute atomic E-state index is 0.0366. The first-order valence-electron chi connectivity index (χ1n) is 4.60. The number of aromatic nitrogens is 1. The summed E-state index contributed by atoms with van der Waals surface area (Å²) in [7, 11) is 1.53. The molecule has 7 nitrogen and oxygen atoms in total. The van der Waals surface area contributed by atoms with Crippen molar-refractivity contribution in [1.29, 1.82) is 0 Å². The molecule has 0 atom stereocenters. The van der Waals surface area contributed by atoms with Gasteiger partial charge in [-0.2, -0.15) is 0 Å². The number of nitrogens with zero attached hydrogens (tertiary/aromatic N) is 2. The molecule has 86 valence electrons. The van der Waals surface area contributed by atoms with Gasteiger partial charge in [-0.15, -0.1) is 0 Å². The predicted molar refractivity (Wildman–Crippen MR) is 58.2 cm³/mol. The second kappa shape index (κ2) is 5.06. The van der Waals surface area contributed by atoms with Crippen LogP contribution in [0.4, 0.5) is 11.5 Å². The molecule has 0 fully saturated rings. The minimum atomic E-state index is -0.495. The molecule has 16 heavy (non-hydrogen) atoms. The van der Waals surface area contributed by atoms with E-state index >= 15 is 0 Å². The van der Waals surface area contributed by atoms with E-state index in [1.54, 1.807) is 6.92 Å². The van der Waals surface area contributed by atoms with E-state index in [4.69, 9.17) is 0 Å². The van der Waals surface area contributed by atoms with Crippen LogP contribution in [-0.2, 0) is 4.79 Å². The SMILES string of the molecule is CNC(=O)CNc1cc(C)c([N+](=O)[O-])cn1. The Balaban J connectivity index is 2.74. The Labute approximate surface area is 92.0 Å². The molecule has 0 saturated carbocycles. The number of amides is 1. The summed E-state index contributed by atoms with van der Waals surface area (Å²) in [4.78, 5) is 24.8. The van der Waals surface area contributed by atoms with Crippen LogP contribution in [0.25, 0.3) is 0 Å². The topological polar surface area (TPSA) is 97.2 Å². The third-order valence-electron chi connectivity index (χ3n) is 1.99. The van der Waals surface area contributed by atoms with Crippen molar-refractivity contribution in [2.45, 2.75) is 6.92 Å². The van der Waals surface area contributed by atoms with Gasteiger partial charge in [-0.05, 0) is 13.0 Å². The van der Waals surface area contributed by atoms with Crippen molar-refractivity contribution in [2.24, 2.45) is 0 Å². The van der Waals surface area contributed by atoms with Crippen LogP contribution >= 0.6 is 0 Å². The van der Waals surface area contributed by atoms with Gasteiger partial charge in [0, 0.05) is 12.6 Å². The maximum Gasteiger partial charge on any atom is 0.290 e. The molecular weight excluding hydrogens is 212 g/mol. The van der Waals surface area contributed by atoms with Crippen molar-refractivity contribution >= 4 is 17.4 Å². The van der Waals surface area contributed by atoms with Gasteiger partial charge in [0.25, 0.3) is 5.69 Å². The van der Waals surface area contributed by atoms with E-state index in [1.807, 2.05) is 0 Å². The molecule has 1 rings (SSSR count). The van der Waals surface area contributed by atoms with Gasteiger partial charge in [0.05, 0.1) is 11.5 Å². The lowest BCUT2D eigenvalue weighted by atomic mass is 10.2. The molecule has 1 heterocycles. The van der Waals surface area contributed by atoms with Gasteiger partial charge in [0.1, 0.15) is 12.0 Å². The monoisotopic (exact) mass is 224 g/mol. The van der Waals surface area contributed by atoms with Crippen LogP contribution < -0.4 is 10.6 Å². The van der Waals surface area contributed by atoms with E-state index in [9.17, 15) is 14.9 Å². The Bertz CT molecular complexity index is 419. The number of anilines is 1. The number of nitrogens with one attached hydrogen (secondary N) is 2. The number of likely N-dealkylation sites (N-methyl/N-ethyl adjacent to an activating group) is 1. The van der Waals surface area contributed by atoms with Crippen LogP contribution in [0.15, 0.2) is 12.3 Å². The Morgan fingerprint density at radius 1 is 1.62 bits per heavy atom. The maximum atomic E-state index is 10.9. The summed E-state index contributed by atoms with van der Waals surface area (Å²) in [5.41, 5.74) is 0.463. The summed E-state index contributed by atoms with van der Waals surface area (Å²) < 4.78 is 0. The first-order chi connectivity index (χ1) is 7.54. The van der Waals surface area contributed by atoms with Gasteiger partial charge in [0.2, 0.25) is 5.91 Å². The zero-order chi connectivity index (χ0) is 12.1. The van der Waals surface area contributed by atoms with Crippen molar-refractivity contribution < 1.29 is 9.72 Å². The third kappa shape index (κ3) is 2.91. The highest BCUT2D eigenvalue weighted by molar-refractivity contribution is 5.80. The first-order valence-corrected chi connectivity index (χ1v) is 4.60. The van der Waals surface area contributed by atoms with E-state index in [0.29, 0.717) is 11.4 Å². The second-order valence-electron chi connectivity index (χ2n) is 3.14. The Kier molecular flexibility index (Phi) is 3.76. The molecule has 0 spiro atoms. The summed E-state index contributed by atoms with van der Waals surface area (Å²) in [6.45, 7) is 1.70. The maximum absolute atomic E-state index is 10.9. The number of hydrogen-bond donors (Lipinski definition) is 2. The number of carbonyl (C=O) groups is 1. The van der Waals surface area contributed by atoms with E-state index in [0.717, 1.165) is 0 Å². The van der Waals surface area contributed by atoms with E-state index in [2.05, 4.69) is 15.6 Å². The molecule has 1 aromatic rings. The van der Waals surface area contributed by atoms with Gasteiger partial charge in [0.15, 0.2) is 0 Å². The molecule has 1 aromatic heterocycles. The van der Waals surface area contributed by atoms with Crippen LogP contribution in [0.2, 0.25) is 0 Å². The Morgan fingerprint density at radius 3 is 2.81 bits per heavy atom. The fourth-order valence-corrected chi connectivity index (χ4v) is 1.10. The molecule has 0 aromatic carbocycles. The van der Waals surface area contributed by atoms with Crippen molar-refractivity contribution in [2.75, 3.05) is 18.9 Å². The highest BCUT2D eigenvalue weighted by Gasteiger charge is 2.11. The lowest BCUT2D eigenvalue weighted by Crippen LogP contribution is -2.26. The molecule has 0 bridgehead atoms. The van der Waals surface area contributed by atoms with Gasteiger partial charge < -0.3 is 10.6 Å². The van der Waals surface area contributed by atoms with Crippen molar-refractivity contribution in [1.82, 2.24) is 10.3 Å². The van der Waals surface area contributed by atoms with Gasteiger partial charge >= 0.3 is 0 Å². The molecule has 7 heteroatoms. The van der Waals surface area contributed by atoms with Crippen LogP contribution in [-0.4, -0.2) is 29.4 Å². The van der Waals surface area contributed by atoms with Crippen molar-refractivity contribution in [3.05, 3.63) is 27.9 Å². The van der Waals surface area contributed by atoms with Gasteiger partial charge in [-0.1, -0.05) is 0 Å². The molecule has 0 saturated heterocycles. The zero-order valence-electron chi connectivity index (χ0n) is 8.98. The van der Waals surface area contributed by atoms with Crippen LogP contribution in [0.5, 0.6) is 0 Å². The largest absolute Gasteiger partial charge is 0.361 e. The summed E-state index contributed by atoms with van der Waals surface area (Å²) in [6.07, 6.45) is 1.17. The van der Waals surface area contributed by atoms with E-state index in [-0.39, 0.29) is 18.1 Å². The molecule has 0 aliphatic heterocycles. The first kappa shape index (κ1) is 11.9. The summed E-state index contributed by atoms with van der Waals surface area (Å²) >= 11 is 0. The van der Waals surface area contributed by atoms with Crippen LogP contribution in [0.1, 0.15) is 5.56 Å². The number of carbonyl (C=O) groups excluding carboxylic acids is 1. The normalized spacial score (nSPS) is 9.62. The van der Waals surface area contributed by atoms with Crippen LogP contribution in [0, 0.1) is 17.0 Å². The fourth-order valence-electron chi connectivity index (χ4n) is 1.10. The minimum Gasteiger partial charge on any atom is -0.361 e. The van der Waals surface area contributed by atoms with Crippen LogP contribution in [0.3, 0.4) is 0 Å². The summed E-state index contributed by atoms with van der Waals surface area (Å²) in [5, 5.41) is 15.7. The molecule has 0 radical (unpaired) electrons. The quantitative estimate of drug-likeness (QED) is 0.571. The van der Waals surface area contributed by atoms with Gasteiger partial charge in [-0.25, -0.2) is 4.98 Å². The fraction of sp³-hybridized carbons (Fsp3) is 0.333. The number of aryl methyl sites for hydroxylation is 1. The average molecular weight is 224 g/mol. The summed E-state index contributed by atoms with van der Waals surface area (Å²) in [6, 6.07) is 1.53. The lowest BCUT2D eigenvalue weighted by molar-refractivity contribution is -0.385. The van der Waals surface area contributed by atoms with Gasteiger partial charge in [-0.3, -0.25) is 14.9 Å². The third-order valence-corrected chi connectivity index (χ3v) is 1.99.